The van der Waals surface area contributed by atoms with E-state index in [0.29, 0.717) is 11.4 Å². The summed E-state index contributed by atoms with van der Waals surface area (Å²) in [7, 11) is 0. The largest absolute Gasteiger partial charge is 0.399 e. The van der Waals surface area contributed by atoms with Gasteiger partial charge < -0.3 is 11.5 Å². The van der Waals surface area contributed by atoms with E-state index < -0.39 is 0 Å². The molecular weight excluding hydrogens is 304 g/mol. The zero-order chi connectivity index (χ0) is 17.6. The average molecular weight is 322 g/mol. The van der Waals surface area contributed by atoms with Crippen molar-refractivity contribution in [3.8, 4) is 23.7 Å². The minimum absolute atomic E-state index is 0.713. The molecule has 25 heavy (non-hydrogen) atoms. The molecule has 3 rings (SSSR count). The highest BCUT2D eigenvalue weighted by Crippen LogP contribution is 2.10. The van der Waals surface area contributed by atoms with E-state index in [-0.39, 0.29) is 0 Å². The minimum atomic E-state index is 0.713. The first kappa shape index (κ1) is 16.2. The zero-order valence-corrected chi connectivity index (χ0v) is 14.0. The lowest BCUT2D eigenvalue weighted by molar-refractivity contribution is 1.43. The highest BCUT2D eigenvalue weighted by Gasteiger charge is 1.95. The summed E-state index contributed by atoms with van der Waals surface area (Å²) in [6, 6.07) is 21.2. The van der Waals surface area contributed by atoms with Gasteiger partial charge >= 0.3 is 0 Å². The standard InChI is InChI=1S/C23H18N2/c1-17-12-20(10-8-18-4-2-6-22(24)15-18)14-21(13-17)11-9-19-5-3-7-23(25)16-19/h2-7,12-16H,24-25H2,1H3. The van der Waals surface area contributed by atoms with Gasteiger partial charge in [-0.2, -0.15) is 0 Å². The molecule has 0 fully saturated rings. The number of hydrogen-bond acceptors (Lipinski definition) is 2. The van der Waals surface area contributed by atoms with Gasteiger partial charge in [0.1, 0.15) is 0 Å². The number of benzene rings is 3. The Morgan fingerprint density at radius 2 is 1.00 bits per heavy atom. The van der Waals surface area contributed by atoms with Gasteiger partial charge in [-0.3, -0.25) is 0 Å². The maximum atomic E-state index is 5.79. The van der Waals surface area contributed by atoms with E-state index >= 15 is 0 Å². The van der Waals surface area contributed by atoms with Gasteiger partial charge in [0.2, 0.25) is 0 Å². The van der Waals surface area contributed by atoms with Gasteiger partial charge in [-0.05, 0) is 67.1 Å². The molecule has 4 N–H and O–H groups in total. The van der Waals surface area contributed by atoms with Crippen LogP contribution < -0.4 is 11.5 Å². The fourth-order valence-corrected chi connectivity index (χ4v) is 2.45. The van der Waals surface area contributed by atoms with E-state index in [1.54, 1.807) is 0 Å². The lowest BCUT2D eigenvalue weighted by atomic mass is 10.1. The molecule has 0 bridgehead atoms. The van der Waals surface area contributed by atoms with Crippen molar-refractivity contribution >= 4 is 11.4 Å². The van der Waals surface area contributed by atoms with E-state index in [4.69, 9.17) is 11.5 Å². The van der Waals surface area contributed by atoms with Crippen LogP contribution in [-0.2, 0) is 0 Å². The molecule has 3 aromatic rings. The van der Waals surface area contributed by atoms with Gasteiger partial charge in [0.05, 0.1) is 0 Å². The molecule has 120 valence electrons. The minimum Gasteiger partial charge on any atom is -0.399 e. The summed E-state index contributed by atoms with van der Waals surface area (Å²) in [5, 5.41) is 0. The smallest absolute Gasteiger partial charge is 0.0326 e. The Morgan fingerprint density at radius 1 is 0.560 bits per heavy atom. The third kappa shape index (κ3) is 4.67. The Hall–Kier alpha value is -3.62. The topological polar surface area (TPSA) is 52.0 Å². The van der Waals surface area contributed by atoms with Gasteiger partial charge in [-0.25, -0.2) is 0 Å². The van der Waals surface area contributed by atoms with Crippen molar-refractivity contribution in [1.29, 1.82) is 0 Å². The zero-order valence-electron chi connectivity index (χ0n) is 14.0. The number of nitrogen functional groups attached to an aromatic ring is 2. The summed E-state index contributed by atoms with van der Waals surface area (Å²) >= 11 is 0. The highest BCUT2D eigenvalue weighted by molar-refractivity contribution is 5.54. The molecule has 2 heteroatoms. The fraction of sp³-hybridized carbons (Fsp3) is 0.0435. The van der Waals surface area contributed by atoms with Crippen molar-refractivity contribution in [2.75, 3.05) is 11.5 Å². The molecule has 0 aliphatic heterocycles. The Labute approximate surface area is 148 Å². The Bertz CT molecular complexity index is 959. The van der Waals surface area contributed by atoms with E-state index in [9.17, 15) is 0 Å². The number of aryl methyl sites for hydroxylation is 1. The number of hydrogen-bond donors (Lipinski definition) is 2. The van der Waals surface area contributed by atoms with Crippen LogP contribution >= 0.6 is 0 Å². The SMILES string of the molecule is Cc1cc(C#Cc2cccc(N)c2)cc(C#Cc2cccc(N)c2)c1. The third-order valence-electron chi connectivity index (χ3n) is 3.55. The predicted octanol–water partition coefficient (Wildman–Crippen LogP) is 3.96. The van der Waals surface area contributed by atoms with Crippen LogP contribution in [0.1, 0.15) is 27.8 Å². The second-order valence-electron chi connectivity index (χ2n) is 5.84. The summed E-state index contributed by atoms with van der Waals surface area (Å²) in [5.74, 6) is 12.7. The average Bonchev–Trinajstić information content (AvgIpc) is 2.58. The first-order chi connectivity index (χ1) is 12.1. The maximum absolute atomic E-state index is 5.79. The van der Waals surface area contributed by atoms with Crippen LogP contribution in [0.3, 0.4) is 0 Å². The quantitative estimate of drug-likeness (QED) is 0.486. The normalized spacial score (nSPS) is 9.48. The van der Waals surface area contributed by atoms with Crippen LogP contribution in [0.4, 0.5) is 11.4 Å². The van der Waals surface area contributed by atoms with Crippen molar-refractivity contribution in [2.24, 2.45) is 0 Å². The molecule has 2 nitrogen and oxygen atoms in total. The van der Waals surface area contributed by atoms with Gasteiger partial charge in [0, 0.05) is 33.6 Å². The van der Waals surface area contributed by atoms with Crippen molar-refractivity contribution in [1.82, 2.24) is 0 Å². The molecule has 3 aromatic carbocycles. The third-order valence-corrected chi connectivity index (χ3v) is 3.55. The molecule has 0 aliphatic rings. The van der Waals surface area contributed by atoms with Crippen LogP contribution in [0.5, 0.6) is 0 Å². The highest BCUT2D eigenvalue weighted by atomic mass is 14.5. The van der Waals surface area contributed by atoms with Crippen LogP contribution in [0.25, 0.3) is 0 Å². The molecule has 0 unspecified atom stereocenters. The molecule has 0 aromatic heterocycles. The van der Waals surface area contributed by atoms with Crippen LogP contribution in [0.15, 0.2) is 66.7 Å². The maximum Gasteiger partial charge on any atom is 0.0326 e. The molecule has 0 spiro atoms. The first-order valence-electron chi connectivity index (χ1n) is 7.95. The molecule has 0 saturated heterocycles. The van der Waals surface area contributed by atoms with Crippen LogP contribution in [-0.4, -0.2) is 0 Å². The Kier molecular flexibility index (Phi) is 4.74. The summed E-state index contributed by atoms with van der Waals surface area (Å²) < 4.78 is 0. The second-order valence-corrected chi connectivity index (χ2v) is 5.84. The summed E-state index contributed by atoms with van der Waals surface area (Å²) in [6.07, 6.45) is 0. The van der Waals surface area contributed by atoms with Crippen molar-refractivity contribution < 1.29 is 0 Å². The van der Waals surface area contributed by atoms with Crippen molar-refractivity contribution in [3.63, 3.8) is 0 Å². The number of anilines is 2. The molecule has 0 radical (unpaired) electrons. The monoisotopic (exact) mass is 322 g/mol. The predicted molar refractivity (Wildman–Crippen MR) is 105 cm³/mol. The van der Waals surface area contributed by atoms with E-state index in [2.05, 4.69) is 23.7 Å². The lowest BCUT2D eigenvalue weighted by Crippen LogP contribution is -1.86. The number of rotatable bonds is 0. The summed E-state index contributed by atoms with van der Waals surface area (Å²) in [5.41, 5.74) is 17.8. The van der Waals surface area contributed by atoms with E-state index in [0.717, 1.165) is 27.8 Å². The fourth-order valence-electron chi connectivity index (χ4n) is 2.45. The van der Waals surface area contributed by atoms with Crippen LogP contribution in [0.2, 0.25) is 0 Å². The van der Waals surface area contributed by atoms with Crippen molar-refractivity contribution in [2.45, 2.75) is 6.92 Å². The number of nitrogens with two attached hydrogens (primary N) is 2. The molecule has 0 atom stereocenters. The molecule has 0 amide bonds. The Morgan fingerprint density at radius 3 is 1.44 bits per heavy atom. The van der Waals surface area contributed by atoms with Gasteiger partial charge in [0.15, 0.2) is 0 Å². The van der Waals surface area contributed by atoms with Gasteiger partial charge in [0.25, 0.3) is 0 Å². The first-order valence-corrected chi connectivity index (χ1v) is 7.95. The van der Waals surface area contributed by atoms with Gasteiger partial charge in [-0.15, -0.1) is 0 Å². The second kappa shape index (κ2) is 7.30. The Balaban J connectivity index is 1.89. The molecule has 0 aliphatic carbocycles. The van der Waals surface area contributed by atoms with E-state index in [1.807, 2.05) is 73.7 Å². The molecule has 0 saturated carbocycles. The van der Waals surface area contributed by atoms with Gasteiger partial charge in [-0.1, -0.05) is 35.8 Å². The lowest BCUT2D eigenvalue weighted by Gasteiger charge is -1.98. The van der Waals surface area contributed by atoms with Crippen LogP contribution in [0, 0.1) is 30.6 Å². The molecule has 0 heterocycles. The summed E-state index contributed by atoms with van der Waals surface area (Å²) in [4.78, 5) is 0. The van der Waals surface area contributed by atoms with Crippen molar-refractivity contribution in [3.05, 3.63) is 94.5 Å². The molecular formula is C23H18N2. The van der Waals surface area contributed by atoms with E-state index in [1.165, 1.54) is 0 Å². The summed E-state index contributed by atoms with van der Waals surface area (Å²) in [6.45, 7) is 2.04.